The number of hydrogen-bond acceptors (Lipinski definition) is 0. The van der Waals surface area contributed by atoms with E-state index < -0.39 is 16.6 Å². The van der Waals surface area contributed by atoms with Crippen molar-refractivity contribution in [1.29, 1.82) is 0 Å². The van der Waals surface area contributed by atoms with Crippen molar-refractivity contribution < 1.29 is 41.4 Å². The van der Waals surface area contributed by atoms with E-state index in [1.165, 1.54) is 17.5 Å². The van der Waals surface area contributed by atoms with Crippen LogP contribution in [0.2, 0.25) is 13.1 Å². The maximum absolute atomic E-state index is 2.60. The van der Waals surface area contributed by atoms with Crippen molar-refractivity contribution in [1.82, 2.24) is 0 Å². The Hall–Kier alpha value is -0.569. The Morgan fingerprint density at radius 2 is 1.57 bits per heavy atom. The van der Waals surface area contributed by atoms with Crippen molar-refractivity contribution in [2.75, 3.05) is 0 Å². The smallest absolute Gasteiger partial charge is 1.00 e. The summed E-state index contributed by atoms with van der Waals surface area (Å²) in [6.45, 7) is 14.7. The van der Waals surface area contributed by atoms with Crippen molar-refractivity contribution in [3.05, 3.63) is 81.4 Å². The summed E-state index contributed by atoms with van der Waals surface area (Å²) in [6.07, 6.45) is 5.92. The fourth-order valence-electron chi connectivity index (χ4n) is 5.30. The summed E-state index contributed by atoms with van der Waals surface area (Å²) >= 11 is -1.47. The van der Waals surface area contributed by atoms with Gasteiger partial charge in [0.25, 0.3) is 0 Å². The molecule has 0 fully saturated rings. The second-order valence-electron chi connectivity index (χ2n) is 8.92. The van der Waals surface area contributed by atoms with Crippen LogP contribution in [0, 0.1) is 0 Å². The first kappa shape index (κ1) is 25.7. The van der Waals surface area contributed by atoms with Gasteiger partial charge in [0, 0.05) is 0 Å². The molecule has 4 rings (SSSR count). The van der Waals surface area contributed by atoms with Gasteiger partial charge in [0.15, 0.2) is 0 Å². The van der Waals surface area contributed by atoms with Gasteiger partial charge in [-0.25, -0.2) is 0 Å². The van der Waals surface area contributed by atoms with Crippen LogP contribution in [0.5, 0.6) is 0 Å². The molecule has 0 heterocycles. The van der Waals surface area contributed by atoms with Gasteiger partial charge in [0.1, 0.15) is 0 Å². The van der Waals surface area contributed by atoms with E-state index in [0.717, 1.165) is 8.45 Å². The summed E-state index contributed by atoms with van der Waals surface area (Å²) < 4.78 is 1.47. The van der Waals surface area contributed by atoms with Gasteiger partial charge in [0.2, 0.25) is 0 Å². The van der Waals surface area contributed by atoms with Crippen LogP contribution in [-0.4, -0.2) is 6.19 Å². The molecule has 0 nitrogen and oxygen atoms in total. The molecule has 2 aliphatic rings. The third-order valence-corrected chi connectivity index (χ3v) is 19.7. The number of rotatable bonds is 4. The Morgan fingerprint density at radius 3 is 2.20 bits per heavy atom. The number of allylic oxidation sites excluding steroid dienone is 2. The molecule has 2 aliphatic carbocycles. The zero-order valence-electron chi connectivity index (χ0n) is 18.9. The first-order valence-electron chi connectivity index (χ1n) is 10.7. The Bertz CT molecular complexity index is 1030. The molecule has 0 aliphatic heterocycles. The van der Waals surface area contributed by atoms with Crippen LogP contribution in [0.15, 0.2) is 53.6 Å². The quantitative estimate of drug-likeness (QED) is 0.572. The van der Waals surface area contributed by atoms with Crippen LogP contribution < -0.4 is 24.8 Å². The van der Waals surface area contributed by atoms with Crippen LogP contribution in [0.4, 0.5) is 0 Å². The molecule has 4 heteroatoms. The number of hydrogen-bond donors (Lipinski definition) is 0. The first-order chi connectivity index (χ1) is 13.4. The normalized spacial score (nSPS) is 18.3. The molecule has 2 aromatic carbocycles. The minimum absolute atomic E-state index is 0. The van der Waals surface area contributed by atoms with E-state index >= 15 is 0 Å². The predicted octanol–water partition coefficient (Wildman–Crippen LogP) is 1.69. The largest absolute Gasteiger partial charge is 1.00 e. The Kier molecular flexibility index (Phi) is 8.88. The fourth-order valence-corrected chi connectivity index (χ4v) is 19.2. The molecule has 30 heavy (non-hydrogen) atoms. The van der Waals surface area contributed by atoms with Crippen LogP contribution in [0.25, 0.3) is 12.2 Å². The van der Waals surface area contributed by atoms with Gasteiger partial charge >= 0.3 is 178 Å². The molecule has 2 aromatic rings. The monoisotopic (exact) mass is 490 g/mol. The Labute approximate surface area is 201 Å². The molecular weight excluding hydrogens is 459 g/mol. The molecule has 0 saturated carbocycles. The number of halogens is 2. The van der Waals surface area contributed by atoms with Crippen LogP contribution in [0.3, 0.4) is 0 Å². The average Bonchev–Trinajstić information content (AvgIpc) is 3.19. The standard InChI is InChI=1S/C13H15.C11H11.C2H6Si.2ClH.Ti/c1-9(2)12-6-4-5-11-7-10(3)8-13(11)12;1-2-9-7-10-5-3-4-6-11(10)8-9;1-3-2;;;/h4-9H,1-3H3;3-8H,2H2,1H3;1-2H3;2*1H;/q;;;;;+2/p-2. The van der Waals surface area contributed by atoms with Gasteiger partial charge in [0.05, 0.1) is 0 Å². The minimum Gasteiger partial charge on any atom is -1.00 e. The summed E-state index contributed by atoms with van der Waals surface area (Å²) in [5.74, 6) is 0.590. The van der Waals surface area contributed by atoms with Gasteiger partial charge in [-0.3, -0.25) is 0 Å². The third-order valence-electron chi connectivity index (χ3n) is 6.56. The van der Waals surface area contributed by atoms with Crippen molar-refractivity contribution in [3.63, 3.8) is 0 Å². The average molecular weight is 491 g/mol. The molecule has 0 amide bonds. The number of benzene rings is 2. The Balaban J connectivity index is 0.00000160. The van der Waals surface area contributed by atoms with Crippen LogP contribution >= 0.6 is 0 Å². The molecular formula is C26H32Cl2SiTi. The molecule has 2 atom stereocenters. The van der Waals surface area contributed by atoms with Gasteiger partial charge in [-0.15, -0.1) is 0 Å². The van der Waals surface area contributed by atoms with Crippen LogP contribution in [0.1, 0.15) is 76.3 Å². The van der Waals surface area contributed by atoms with E-state index in [9.17, 15) is 0 Å². The summed E-state index contributed by atoms with van der Waals surface area (Å²) in [5.41, 5.74) is 11.2. The van der Waals surface area contributed by atoms with E-state index in [1.807, 2.05) is 0 Å². The van der Waals surface area contributed by atoms with Crippen LogP contribution in [-0.2, 0) is 16.6 Å². The van der Waals surface area contributed by atoms with Gasteiger partial charge in [-0.05, 0) is 0 Å². The van der Waals surface area contributed by atoms with E-state index in [4.69, 9.17) is 0 Å². The van der Waals surface area contributed by atoms with Crippen molar-refractivity contribution >= 4 is 18.3 Å². The Morgan fingerprint density at radius 1 is 0.900 bits per heavy atom. The maximum atomic E-state index is 2.60. The third kappa shape index (κ3) is 4.34. The predicted molar refractivity (Wildman–Crippen MR) is 122 cm³/mol. The zero-order chi connectivity index (χ0) is 20.0. The minimum atomic E-state index is -1.47. The van der Waals surface area contributed by atoms with Gasteiger partial charge in [-0.2, -0.15) is 0 Å². The molecule has 0 spiro atoms. The molecule has 158 valence electrons. The van der Waals surface area contributed by atoms with E-state index in [2.05, 4.69) is 95.4 Å². The molecule has 0 N–H and O–H groups in total. The molecule has 0 radical (unpaired) electrons. The first-order valence-corrected chi connectivity index (χ1v) is 17.4. The van der Waals surface area contributed by atoms with E-state index in [0.29, 0.717) is 5.92 Å². The topological polar surface area (TPSA) is 0 Å². The van der Waals surface area contributed by atoms with Gasteiger partial charge < -0.3 is 24.8 Å². The second kappa shape index (κ2) is 10.4. The maximum Gasteiger partial charge on any atom is -1.00 e. The summed E-state index contributed by atoms with van der Waals surface area (Å²) in [6, 6.07) is 16.3. The van der Waals surface area contributed by atoms with Crippen molar-refractivity contribution in [3.8, 4) is 0 Å². The molecule has 0 saturated heterocycles. The van der Waals surface area contributed by atoms with Crippen molar-refractivity contribution in [2.24, 2.45) is 0 Å². The van der Waals surface area contributed by atoms with E-state index in [-0.39, 0.29) is 31.0 Å². The molecule has 2 unspecified atom stereocenters. The summed E-state index contributed by atoms with van der Waals surface area (Å²) in [7, 11) is 0. The van der Waals surface area contributed by atoms with Gasteiger partial charge in [-0.1, -0.05) is 0 Å². The summed E-state index contributed by atoms with van der Waals surface area (Å²) in [4.78, 5) is 0. The van der Waals surface area contributed by atoms with Crippen molar-refractivity contribution in [2.45, 2.75) is 61.6 Å². The zero-order valence-corrected chi connectivity index (χ0v) is 23.0. The number of fused-ring (bicyclic) bond motifs is 2. The second-order valence-corrected chi connectivity index (χ2v) is 21.2. The van der Waals surface area contributed by atoms with E-state index in [1.54, 1.807) is 27.8 Å². The molecule has 0 bridgehead atoms. The summed E-state index contributed by atoms with van der Waals surface area (Å²) in [5, 5.41) is 0. The fraction of sp³-hybridized carbons (Fsp3) is 0.385. The molecule has 0 aromatic heterocycles. The SMILES string of the molecule is CCC1=Cc2ccccc2[CH]1[Ti+2]([CH]1C(C)=Cc2c(C(C)C)cccc21)=[Si](C)C.[Cl-].[Cl-].